The van der Waals surface area contributed by atoms with Crippen LogP contribution >= 0.6 is 11.3 Å². The highest BCUT2D eigenvalue weighted by Crippen LogP contribution is 2.29. The lowest BCUT2D eigenvalue weighted by atomic mass is 9.92. The first-order valence-electron chi connectivity index (χ1n) is 6.37. The van der Waals surface area contributed by atoms with Crippen LogP contribution in [0.3, 0.4) is 0 Å². The summed E-state index contributed by atoms with van der Waals surface area (Å²) in [5.41, 5.74) is 0.921. The molecule has 1 amide bonds. The van der Waals surface area contributed by atoms with E-state index in [0.29, 0.717) is 11.6 Å². The molecular formula is C14H18N4OS. The summed E-state index contributed by atoms with van der Waals surface area (Å²) in [7, 11) is 1.74. The number of nitrogens with zero attached hydrogens (tertiary/aromatic N) is 4. The van der Waals surface area contributed by atoms with Gasteiger partial charge in [0.05, 0.1) is 0 Å². The molecule has 0 aromatic carbocycles. The van der Waals surface area contributed by atoms with Crippen LogP contribution in [0.25, 0.3) is 10.6 Å². The van der Waals surface area contributed by atoms with Crippen LogP contribution in [0.2, 0.25) is 0 Å². The predicted molar refractivity (Wildman–Crippen MR) is 80.6 cm³/mol. The molecule has 2 aromatic rings. The summed E-state index contributed by atoms with van der Waals surface area (Å²) in [5, 5.41) is 9.64. The van der Waals surface area contributed by atoms with E-state index in [1.807, 2.05) is 32.9 Å². The number of anilines is 1. The molecule has 0 spiro atoms. The lowest BCUT2D eigenvalue weighted by Gasteiger charge is -2.21. The molecule has 0 radical (unpaired) electrons. The molecule has 0 atom stereocenters. The third-order valence-corrected chi connectivity index (χ3v) is 3.73. The molecule has 6 heteroatoms. The van der Waals surface area contributed by atoms with Crippen molar-refractivity contribution in [2.24, 2.45) is 5.41 Å². The molecular weight excluding hydrogens is 272 g/mol. The highest BCUT2D eigenvalue weighted by Gasteiger charge is 2.22. The van der Waals surface area contributed by atoms with E-state index in [9.17, 15) is 4.79 Å². The third kappa shape index (κ3) is 3.60. The molecule has 0 saturated heterocycles. The normalized spacial score (nSPS) is 11.4. The molecule has 0 saturated carbocycles. The van der Waals surface area contributed by atoms with Gasteiger partial charge in [0.25, 0.3) is 0 Å². The van der Waals surface area contributed by atoms with Crippen LogP contribution in [0, 0.1) is 5.41 Å². The fraction of sp³-hybridized carbons (Fsp3) is 0.429. The molecule has 0 aliphatic rings. The Morgan fingerprint density at radius 3 is 2.50 bits per heavy atom. The number of aromatic nitrogens is 3. The van der Waals surface area contributed by atoms with Gasteiger partial charge in [-0.1, -0.05) is 32.1 Å². The Bertz CT molecular complexity index is 589. The van der Waals surface area contributed by atoms with E-state index < -0.39 is 0 Å². The summed E-state index contributed by atoms with van der Waals surface area (Å²) in [5.74, 6) is 0.0509. The van der Waals surface area contributed by atoms with Gasteiger partial charge in [0.2, 0.25) is 11.0 Å². The van der Waals surface area contributed by atoms with Gasteiger partial charge in [0.15, 0.2) is 0 Å². The number of carbonyl (C=O) groups is 1. The summed E-state index contributed by atoms with van der Waals surface area (Å²) >= 11 is 1.40. The van der Waals surface area contributed by atoms with Crippen molar-refractivity contribution < 1.29 is 4.79 Å². The average Bonchev–Trinajstić information content (AvgIpc) is 2.86. The monoisotopic (exact) mass is 290 g/mol. The summed E-state index contributed by atoms with van der Waals surface area (Å²) in [4.78, 5) is 17.7. The predicted octanol–water partition coefficient (Wildman–Crippen LogP) is 3.00. The number of pyridine rings is 1. The van der Waals surface area contributed by atoms with Gasteiger partial charge in [0.1, 0.15) is 5.01 Å². The zero-order chi connectivity index (χ0) is 14.8. The Kier molecular flexibility index (Phi) is 4.13. The van der Waals surface area contributed by atoms with Crippen molar-refractivity contribution in [2.45, 2.75) is 27.2 Å². The minimum Gasteiger partial charge on any atom is -0.290 e. The SMILES string of the molecule is CN(C(=O)CC(C)(C)C)c1nnc(-c2ccncc2)s1. The minimum absolute atomic E-state index is 0.0377. The van der Waals surface area contributed by atoms with E-state index >= 15 is 0 Å². The quantitative estimate of drug-likeness (QED) is 0.872. The van der Waals surface area contributed by atoms with Gasteiger partial charge in [0, 0.05) is 31.4 Å². The smallest absolute Gasteiger partial charge is 0.229 e. The van der Waals surface area contributed by atoms with Crippen molar-refractivity contribution in [1.29, 1.82) is 0 Å². The van der Waals surface area contributed by atoms with Crippen molar-refractivity contribution in [3.05, 3.63) is 24.5 Å². The Labute approximate surface area is 122 Å². The molecule has 0 fully saturated rings. The van der Waals surface area contributed by atoms with E-state index in [2.05, 4.69) is 15.2 Å². The number of amides is 1. The standard InChI is InChI=1S/C14H18N4OS/c1-14(2,3)9-11(19)18(4)13-17-16-12(20-13)10-5-7-15-8-6-10/h5-8H,9H2,1-4H3. The van der Waals surface area contributed by atoms with Crippen molar-refractivity contribution in [3.8, 4) is 10.6 Å². The first-order chi connectivity index (χ1) is 9.37. The number of rotatable bonds is 3. The molecule has 5 nitrogen and oxygen atoms in total. The third-order valence-electron chi connectivity index (χ3n) is 2.68. The van der Waals surface area contributed by atoms with Crippen LogP contribution in [0.4, 0.5) is 5.13 Å². The Hall–Kier alpha value is -1.82. The molecule has 0 bridgehead atoms. The van der Waals surface area contributed by atoms with Crippen LogP contribution in [0.5, 0.6) is 0 Å². The molecule has 2 heterocycles. The van der Waals surface area contributed by atoms with E-state index in [-0.39, 0.29) is 11.3 Å². The molecule has 2 rings (SSSR count). The Morgan fingerprint density at radius 2 is 1.90 bits per heavy atom. The molecule has 0 aliphatic carbocycles. The van der Waals surface area contributed by atoms with E-state index in [4.69, 9.17) is 0 Å². The lowest BCUT2D eigenvalue weighted by molar-refractivity contribution is -0.120. The van der Waals surface area contributed by atoms with Gasteiger partial charge in [-0.25, -0.2) is 0 Å². The maximum Gasteiger partial charge on any atom is 0.229 e. The van der Waals surface area contributed by atoms with Crippen molar-refractivity contribution in [2.75, 3.05) is 11.9 Å². The van der Waals surface area contributed by atoms with E-state index in [1.54, 1.807) is 24.3 Å². The second kappa shape index (κ2) is 5.66. The molecule has 0 N–H and O–H groups in total. The highest BCUT2D eigenvalue weighted by atomic mass is 32.1. The van der Waals surface area contributed by atoms with Crippen LogP contribution in [-0.2, 0) is 4.79 Å². The zero-order valence-corrected chi connectivity index (χ0v) is 12.9. The van der Waals surface area contributed by atoms with E-state index in [0.717, 1.165) is 10.6 Å². The second-order valence-electron chi connectivity index (χ2n) is 5.82. The van der Waals surface area contributed by atoms with Crippen LogP contribution < -0.4 is 4.90 Å². The first kappa shape index (κ1) is 14.6. The molecule has 0 unspecified atom stereocenters. The van der Waals surface area contributed by atoms with Crippen molar-refractivity contribution in [1.82, 2.24) is 15.2 Å². The molecule has 2 aromatic heterocycles. The van der Waals surface area contributed by atoms with Crippen molar-refractivity contribution in [3.63, 3.8) is 0 Å². The summed E-state index contributed by atoms with van der Waals surface area (Å²) < 4.78 is 0. The average molecular weight is 290 g/mol. The van der Waals surface area contributed by atoms with Gasteiger partial charge in [-0.05, 0) is 17.5 Å². The number of carbonyl (C=O) groups excluding carboxylic acids is 1. The number of hydrogen-bond acceptors (Lipinski definition) is 5. The summed E-state index contributed by atoms with van der Waals surface area (Å²) in [6, 6.07) is 3.75. The molecule has 106 valence electrons. The van der Waals surface area contributed by atoms with Gasteiger partial charge in [-0.15, -0.1) is 10.2 Å². The topological polar surface area (TPSA) is 59.0 Å². The van der Waals surface area contributed by atoms with Gasteiger partial charge < -0.3 is 0 Å². The lowest BCUT2D eigenvalue weighted by Crippen LogP contribution is -2.29. The van der Waals surface area contributed by atoms with Crippen LogP contribution in [-0.4, -0.2) is 28.1 Å². The maximum absolute atomic E-state index is 12.2. The fourth-order valence-corrected chi connectivity index (χ4v) is 2.47. The van der Waals surface area contributed by atoms with Crippen LogP contribution in [0.15, 0.2) is 24.5 Å². The Balaban J connectivity index is 2.15. The van der Waals surface area contributed by atoms with E-state index in [1.165, 1.54) is 11.3 Å². The number of hydrogen-bond donors (Lipinski definition) is 0. The fourth-order valence-electron chi connectivity index (χ4n) is 1.64. The van der Waals surface area contributed by atoms with Gasteiger partial charge in [-0.3, -0.25) is 14.7 Å². The first-order valence-corrected chi connectivity index (χ1v) is 7.19. The van der Waals surface area contributed by atoms with Gasteiger partial charge >= 0.3 is 0 Å². The molecule has 0 aliphatic heterocycles. The maximum atomic E-state index is 12.2. The largest absolute Gasteiger partial charge is 0.290 e. The zero-order valence-electron chi connectivity index (χ0n) is 12.1. The summed E-state index contributed by atoms with van der Waals surface area (Å²) in [6.45, 7) is 6.13. The minimum atomic E-state index is -0.0377. The van der Waals surface area contributed by atoms with Gasteiger partial charge in [-0.2, -0.15) is 0 Å². The second-order valence-corrected chi connectivity index (χ2v) is 6.77. The van der Waals surface area contributed by atoms with Crippen LogP contribution in [0.1, 0.15) is 27.2 Å². The molecule has 20 heavy (non-hydrogen) atoms. The Morgan fingerprint density at radius 1 is 1.25 bits per heavy atom. The highest BCUT2D eigenvalue weighted by molar-refractivity contribution is 7.18. The summed E-state index contributed by atoms with van der Waals surface area (Å²) in [6.07, 6.45) is 3.91. The van der Waals surface area contributed by atoms with Crippen molar-refractivity contribution >= 4 is 22.4 Å².